The second-order valence-corrected chi connectivity index (χ2v) is 8.24. The first-order valence-corrected chi connectivity index (χ1v) is 10.1. The van der Waals surface area contributed by atoms with Crippen LogP contribution in [-0.4, -0.2) is 50.6 Å². The summed E-state index contributed by atoms with van der Waals surface area (Å²) in [6.07, 6.45) is 0.651. The average Bonchev–Trinajstić information content (AvgIpc) is 3.26. The minimum Gasteiger partial charge on any atom is -0.508 e. The first-order valence-electron chi connectivity index (χ1n) is 9.20. The van der Waals surface area contributed by atoms with Gasteiger partial charge in [-0.2, -0.15) is 0 Å². The van der Waals surface area contributed by atoms with Crippen LogP contribution in [0.3, 0.4) is 0 Å². The van der Waals surface area contributed by atoms with Crippen molar-refractivity contribution in [3.05, 3.63) is 40.4 Å². The maximum absolute atomic E-state index is 13.0. The fourth-order valence-electron chi connectivity index (χ4n) is 4.00. The molecule has 0 unspecified atom stereocenters. The number of carbonyl (C=O) groups is 2. The molecule has 148 valence electrons. The summed E-state index contributed by atoms with van der Waals surface area (Å²) >= 11 is 1.18. The minimum absolute atomic E-state index is 0.0253. The van der Waals surface area contributed by atoms with E-state index in [1.165, 1.54) is 11.3 Å². The zero-order valence-electron chi connectivity index (χ0n) is 15.2. The van der Waals surface area contributed by atoms with Crippen molar-refractivity contribution in [2.45, 2.75) is 38.0 Å². The number of rotatable bonds is 3. The Hall–Kier alpha value is -2.65. The molecular weight excluding hydrogens is 380 g/mol. The Morgan fingerprint density at radius 3 is 2.86 bits per heavy atom. The van der Waals surface area contributed by atoms with E-state index in [9.17, 15) is 19.8 Å². The minimum atomic E-state index is -0.782. The fourth-order valence-corrected chi connectivity index (χ4v) is 4.54. The quantitative estimate of drug-likeness (QED) is 0.603. The summed E-state index contributed by atoms with van der Waals surface area (Å²) in [7, 11) is 0. The summed E-state index contributed by atoms with van der Waals surface area (Å²) in [4.78, 5) is 30.9. The van der Waals surface area contributed by atoms with Crippen LogP contribution in [0.15, 0.2) is 23.6 Å². The van der Waals surface area contributed by atoms with Gasteiger partial charge in [0.25, 0.3) is 5.91 Å². The number of anilines is 1. The normalized spacial score (nSPS) is 24.0. The summed E-state index contributed by atoms with van der Waals surface area (Å²) in [5.41, 5.74) is 7.86. The van der Waals surface area contributed by atoms with Gasteiger partial charge in [0.05, 0.1) is 12.1 Å². The van der Waals surface area contributed by atoms with Crippen LogP contribution in [0.25, 0.3) is 0 Å². The van der Waals surface area contributed by atoms with Crippen molar-refractivity contribution in [2.24, 2.45) is 5.92 Å². The van der Waals surface area contributed by atoms with Gasteiger partial charge < -0.3 is 26.2 Å². The molecule has 1 aromatic heterocycles. The third-order valence-electron chi connectivity index (χ3n) is 5.46. The number of nitrogens with two attached hydrogens (primary N) is 1. The molecule has 1 saturated carbocycles. The number of thiazole rings is 1. The Kier molecular flexibility index (Phi) is 4.94. The van der Waals surface area contributed by atoms with Crippen molar-refractivity contribution in [2.75, 3.05) is 12.3 Å². The monoisotopic (exact) mass is 402 g/mol. The number of hydrogen-bond donors (Lipinski definition) is 4. The molecule has 2 heterocycles. The Bertz CT molecular complexity index is 915. The van der Waals surface area contributed by atoms with Gasteiger partial charge in [0.15, 0.2) is 5.13 Å². The number of benzene rings is 1. The summed E-state index contributed by atoms with van der Waals surface area (Å²) in [5.74, 6) is -0.579. The van der Waals surface area contributed by atoms with Crippen molar-refractivity contribution in [1.82, 2.24) is 15.2 Å². The zero-order chi connectivity index (χ0) is 19.8. The Morgan fingerprint density at radius 1 is 1.29 bits per heavy atom. The molecule has 5 N–H and O–H groups in total. The molecule has 1 aliphatic carbocycles. The fraction of sp³-hybridized carbons (Fsp3) is 0.421. The van der Waals surface area contributed by atoms with E-state index < -0.39 is 18.1 Å². The third kappa shape index (κ3) is 3.67. The summed E-state index contributed by atoms with van der Waals surface area (Å²) in [6, 6.07) is 4.75. The number of aliphatic hydroxyl groups excluding tert-OH is 1. The van der Waals surface area contributed by atoms with E-state index in [1.807, 2.05) is 6.07 Å². The van der Waals surface area contributed by atoms with Crippen LogP contribution >= 0.6 is 11.3 Å². The van der Waals surface area contributed by atoms with Crippen LogP contribution in [0.4, 0.5) is 5.13 Å². The van der Waals surface area contributed by atoms with E-state index in [2.05, 4.69) is 10.3 Å². The second kappa shape index (κ2) is 7.40. The van der Waals surface area contributed by atoms with Crippen molar-refractivity contribution >= 4 is 28.3 Å². The lowest BCUT2D eigenvalue weighted by Crippen LogP contribution is -2.41. The highest BCUT2D eigenvalue weighted by atomic mass is 32.1. The molecule has 0 bridgehead atoms. The highest BCUT2D eigenvalue weighted by Gasteiger charge is 2.40. The van der Waals surface area contributed by atoms with Gasteiger partial charge in [-0.05, 0) is 42.5 Å². The van der Waals surface area contributed by atoms with Crippen LogP contribution in [0.2, 0.25) is 0 Å². The Labute approximate surface area is 166 Å². The standard InChI is InChI=1S/C19H22N4O4S/c20-19-22-15(9-28-19)17(26)21-14-6-11(7-16(14)25)18(27)23-4-3-10-1-2-13(24)5-12(10)8-23/h1-2,5,9,11,14,16,24-25H,3-4,6-8H2,(H2,20,22)(H,21,26)/t11-,14+,16+/m0/s1. The predicted molar refractivity (Wildman–Crippen MR) is 104 cm³/mol. The molecule has 2 aliphatic rings. The summed E-state index contributed by atoms with van der Waals surface area (Å²) < 4.78 is 0. The summed E-state index contributed by atoms with van der Waals surface area (Å²) in [5, 5.41) is 24.7. The van der Waals surface area contributed by atoms with Crippen LogP contribution in [0, 0.1) is 5.92 Å². The molecule has 9 heteroatoms. The van der Waals surface area contributed by atoms with Crippen molar-refractivity contribution < 1.29 is 19.8 Å². The number of fused-ring (bicyclic) bond motifs is 1. The molecule has 1 aliphatic heterocycles. The number of aliphatic hydroxyl groups is 1. The lowest BCUT2D eigenvalue weighted by molar-refractivity contribution is -0.136. The van der Waals surface area contributed by atoms with Crippen molar-refractivity contribution in [3.63, 3.8) is 0 Å². The van der Waals surface area contributed by atoms with Crippen LogP contribution in [0.5, 0.6) is 5.75 Å². The molecule has 28 heavy (non-hydrogen) atoms. The van der Waals surface area contributed by atoms with Gasteiger partial charge >= 0.3 is 0 Å². The molecule has 1 aromatic carbocycles. The molecule has 2 aromatic rings. The van der Waals surface area contributed by atoms with Crippen LogP contribution < -0.4 is 11.1 Å². The molecular formula is C19H22N4O4S. The number of aromatic hydroxyl groups is 1. The number of phenols is 1. The van der Waals surface area contributed by atoms with Crippen LogP contribution in [-0.2, 0) is 17.8 Å². The number of nitrogens with one attached hydrogen (secondary N) is 1. The third-order valence-corrected chi connectivity index (χ3v) is 6.14. The van der Waals surface area contributed by atoms with Gasteiger partial charge in [-0.25, -0.2) is 4.98 Å². The molecule has 0 spiro atoms. The second-order valence-electron chi connectivity index (χ2n) is 7.35. The lowest BCUT2D eigenvalue weighted by Gasteiger charge is -2.31. The molecule has 2 amide bonds. The number of hydrogen-bond acceptors (Lipinski definition) is 7. The number of aromatic nitrogens is 1. The molecule has 4 rings (SSSR count). The van der Waals surface area contributed by atoms with Gasteiger partial charge in [-0.1, -0.05) is 6.07 Å². The van der Waals surface area contributed by atoms with E-state index >= 15 is 0 Å². The number of amides is 2. The number of nitrogens with zero attached hydrogens (tertiary/aromatic N) is 2. The molecule has 3 atom stereocenters. The molecule has 1 fully saturated rings. The zero-order valence-corrected chi connectivity index (χ0v) is 16.0. The van der Waals surface area contributed by atoms with Gasteiger partial charge in [0.2, 0.25) is 5.91 Å². The lowest BCUT2D eigenvalue weighted by atomic mass is 9.97. The highest BCUT2D eigenvalue weighted by molar-refractivity contribution is 7.13. The van der Waals surface area contributed by atoms with E-state index in [-0.39, 0.29) is 23.3 Å². The topological polar surface area (TPSA) is 129 Å². The largest absolute Gasteiger partial charge is 0.508 e. The van der Waals surface area contributed by atoms with Crippen molar-refractivity contribution in [3.8, 4) is 5.75 Å². The Balaban J connectivity index is 1.39. The highest BCUT2D eigenvalue weighted by Crippen LogP contribution is 2.31. The first kappa shape index (κ1) is 18.7. The van der Waals surface area contributed by atoms with E-state index in [0.29, 0.717) is 31.1 Å². The maximum Gasteiger partial charge on any atom is 0.271 e. The number of phenolic OH excluding ortho intramolecular Hbond substituents is 1. The molecule has 0 saturated heterocycles. The van der Waals surface area contributed by atoms with Crippen LogP contribution in [0.1, 0.15) is 34.5 Å². The number of carbonyl (C=O) groups excluding carboxylic acids is 2. The van der Waals surface area contributed by atoms with E-state index in [4.69, 9.17) is 5.73 Å². The van der Waals surface area contributed by atoms with E-state index in [0.717, 1.165) is 17.5 Å². The van der Waals surface area contributed by atoms with Crippen molar-refractivity contribution in [1.29, 1.82) is 0 Å². The van der Waals surface area contributed by atoms with Gasteiger partial charge in [0, 0.05) is 24.4 Å². The van der Waals surface area contributed by atoms with Gasteiger partial charge in [-0.3, -0.25) is 9.59 Å². The molecule has 0 radical (unpaired) electrons. The SMILES string of the molecule is Nc1nc(C(=O)N[C@@H]2C[C@H](C(=O)N3CCc4ccc(O)cc4C3)C[C@H]2O)cs1. The smallest absolute Gasteiger partial charge is 0.271 e. The maximum atomic E-state index is 13.0. The average molecular weight is 402 g/mol. The Morgan fingerprint density at radius 2 is 2.11 bits per heavy atom. The number of nitrogen functional groups attached to an aromatic ring is 1. The molecule has 8 nitrogen and oxygen atoms in total. The summed E-state index contributed by atoms with van der Waals surface area (Å²) in [6.45, 7) is 1.06. The predicted octanol–water partition coefficient (Wildman–Crippen LogP) is 0.885. The van der Waals surface area contributed by atoms with Gasteiger partial charge in [0.1, 0.15) is 11.4 Å². The van der Waals surface area contributed by atoms with E-state index in [1.54, 1.807) is 22.4 Å². The first-order chi connectivity index (χ1) is 13.4. The van der Waals surface area contributed by atoms with Gasteiger partial charge in [-0.15, -0.1) is 11.3 Å².